The Balaban J connectivity index is 2.92. The molecule has 4 heteroatoms. The first-order chi connectivity index (χ1) is 9.74. The fourth-order valence-corrected chi connectivity index (χ4v) is 1.92. The average Bonchev–Trinajstić information content (AvgIpc) is 2.49. The van der Waals surface area contributed by atoms with Crippen molar-refractivity contribution in [1.82, 2.24) is 4.90 Å². The van der Waals surface area contributed by atoms with Gasteiger partial charge in [0.2, 0.25) is 0 Å². The summed E-state index contributed by atoms with van der Waals surface area (Å²) >= 11 is 0. The number of aliphatic hydroxyl groups is 1. The molecule has 0 aliphatic heterocycles. The largest absolute Gasteiger partial charge is 0.496 e. The van der Waals surface area contributed by atoms with E-state index in [1.807, 2.05) is 18.2 Å². The summed E-state index contributed by atoms with van der Waals surface area (Å²) in [6.07, 6.45) is 0.514. The van der Waals surface area contributed by atoms with Crippen molar-refractivity contribution in [2.45, 2.75) is 19.9 Å². The van der Waals surface area contributed by atoms with Crippen molar-refractivity contribution >= 4 is 0 Å². The molecule has 1 rings (SSSR count). The first-order valence-electron chi connectivity index (χ1n) is 6.61. The summed E-state index contributed by atoms with van der Waals surface area (Å²) in [7, 11) is 1.64. The quantitative estimate of drug-likeness (QED) is 0.802. The van der Waals surface area contributed by atoms with Gasteiger partial charge in [-0.2, -0.15) is 5.26 Å². The third-order valence-electron chi connectivity index (χ3n) is 2.97. The van der Waals surface area contributed by atoms with Gasteiger partial charge in [0.25, 0.3) is 0 Å². The predicted molar refractivity (Wildman–Crippen MR) is 78.1 cm³/mol. The van der Waals surface area contributed by atoms with Crippen LogP contribution in [0.3, 0.4) is 0 Å². The van der Waals surface area contributed by atoms with Crippen LogP contribution >= 0.6 is 0 Å². The molecule has 0 aliphatic carbocycles. The maximum absolute atomic E-state index is 8.74. The van der Waals surface area contributed by atoms with E-state index >= 15 is 0 Å². The second kappa shape index (κ2) is 8.98. The van der Waals surface area contributed by atoms with Crippen molar-refractivity contribution in [1.29, 1.82) is 5.26 Å². The lowest BCUT2D eigenvalue weighted by Gasteiger charge is -2.20. The van der Waals surface area contributed by atoms with Crippen molar-refractivity contribution in [3.8, 4) is 23.7 Å². The van der Waals surface area contributed by atoms with E-state index in [0.717, 1.165) is 36.5 Å². The highest BCUT2D eigenvalue weighted by molar-refractivity contribution is 5.44. The molecule has 0 amide bonds. The van der Waals surface area contributed by atoms with Crippen LogP contribution in [0.1, 0.15) is 24.5 Å². The lowest BCUT2D eigenvalue weighted by Crippen LogP contribution is -2.24. The van der Waals surface area contributed by atoms with E-state index in [-0.39, 0.29) is 6.61 Å². The number of rotatable bonds is 6. The topological polar surface area (TPSA) is 56.5 Å². The minimum atomic E-state index is -0.148. The molecule has 0 spiro atoms. The second-order valence-electron chi connectivity index (χ2n) is 4.26. The predicted octanol–water partition coefficient (Wildman–Crippen LogP) is 1.77. The third kappa shape index (κ3) is 4.93. The van der Waals surface area contributed by atoms with Crippen LogP contribution in [0.25, 0.3) is 0 Å². The molecule has 0 aliphatic rings. The van der Waals surface area contributed by atoms with Crippen molar-refractivity contribution < 1.29 is 9.84 Å². The van der Waals surface area contributed by atoms with E-state index in [4.69, 9.17) is 15.1 Å². The zero-order valence-electron chi connectivity index (χ0n) is 12.0. The summed E-state index contributed by atoms with van der Waals surface area (Å²) in [6.45, 7) is 4.25. The van der Waals surface area contributed by atoms with Crippen LogP contribution in [-0.2, 0) is 6.54 Å². The van der Waals surface area contributed by atoms with E-state index in [1.54, 1.807) is 7.11 Å². The average molecular weight is 272 g/mol. The summed E-state index contributed by atoms with van der Waals surface area (Å²) in [4.78, 5) is 2.18. The SMILES string of the molecule is CCN(CCC#N)Cc1cc(C#CCO)ccc1OC. The highest BCUT2D eigenvalue weighted by Gasteiger charge is 2.09. The van der Waals surface area contributed by atoms with E-state index in [9.17, 15) is 0 Å². The standard InChI is InChI=1S/C16H20N2O2/c1-3-18(10-5-9-17)13-15-12-14(6-4-11-19)7-8-16(15)20-2/h7-8,12,19H,3,5,10-11,13H2,1-2H3. The molecule has 0 fully saturated rings. The minimum absolute atomic E-state index is 0.148. The number of hydrogen-bond donors (Lipinski definition) is 1. The summed E-state index contributed by atoms with van der Waals surface area (Å²) < 4.78 is 5.37. The number of methoxy groups -OCH3 is 1. The van der Waals surface area contributed by atoms with Gasteiger partial charge in [0.15, 0.2) is 0 Å². The molecule has 0 bridgehead atoms. The van der Waals surface area contributed by atoms with Crippen LogP contribution in [-0.4, -0.2) is 36.8 Å². The number of nitrogens with zero attached hydrogens (tertiary/aromatic N) is 2. The third-order valence-corrected chi connectivity index (χ3v) is 2.97. The Kier molecular flexibility index (Phi) is 7.21. The molecule has 4 nitrogen and oxygen atoms in total. The van der Waals surface area contributed by atoms with Gasteiger partial charge in [-0.25, -0.2) is 0 Å². The van der Waals surface area contributed by atoms with Crippen LogP contribution in [0.4, 0.5) is 0 Å². The maximum Gasteiger partial charge on any atom is 0.123 e. The Bertz CT molecular complexity index is 524. The molecule has 0 unspecified atom stereocenters. The lowest BCUT2D eigenvalue weighted by atomic mass is 10.1. The minimum Gasteiger partial charge on any atom is -0.496 e. The van der Waals surface area contributed by atoms with Crippen LogP contribution in [0, 0.1) is 23.2 Å². The Morgan fingerprint density at radius 1 is 1.40 bits per heavy atom. The van der Waals surface area contributed by atoms with Crippen LogP contribution in [0.15, 0.2) is 18.2 Å². The van der Waals surface area contributed by atoms with Gasteiger partial charge in [-0.3, -0.25) is 4.90 Å². The summed E-state index contributed by atoms with van der Waals surface area (Å²) in [6, 6.07) is 7.89. The highest BCUT2D eigenvalue weighted by atomic mass is 16.5. The first kappa shape index (κ1) is 16.0. The molecule has 1 N–H and O–H groups in total. The van der Waals surface area contributed by atoms with Crippen molar-refractivity contribution in [2.24, 2.45) is 0 Å². The van der Waals surface area contributed by atoms with Crippen LogP contribution in [0.5, 0.6) is 5.75 Å². The van der Waals surface area contributed by atoms with Gasteiger partial charge in [0.1, 0.15) is 12.4 Å². The first-order valence-corrected chi connectivity index (χ1v) is 6.61. The molecule has 0 heterocycles. The van der Waals surface area contributed by atoms with Gasteiger partial charge in [0.05, 0.1) is 13.2 Å². The number of nitriles is 1. The Hall–Kier alpha value is -2.01. The highest BCUT2D eigenvalue weighted by Crippen LogP contribution is 2.21. The summed E-state index contributed by atoms with van der Waals surface area (Å²) in [5.74, 6) is 6.35. The fraction of sp³-hybridized carbons (Fsp3) is 0.438. The van der Waals surface area contributed by atoms with Crippen LogP contribution in [0.2, 0.25) is 0 Å². The van der Waals surface area contributed by atoms with Gasteiger partial charge >= 0.3 is 0 Å². The molecule has 0 saturated heterocycles. The van der Waals surface area contributed by atoms with Gasteiger partial charge in [-0.1, -0.05) is 18.8 Å². The number of benzene rings is 1. The Labute approximate surface area is 120 Å². The molecular weight excluding hydrogens is 252 g/mol. The fourth-order valence-electron chi connectivity index (χ4n) is 1.92. The maximum atomic E-state index is 8.74. The monoisotopic (exact) mass is 272 g/mol. The number of ether oxygens (including phenoxy) is 1. The Morgan fingerprint density at radius 3 is 2.80 bits per heavy atom. The summed E-state index contributed by atoms with van der Waals surface area (Å²) in [5.41, 5.74) is 1.89. The molecule has 0 radical (unpaired) electrons. The van der Waals surface area contributed by atoms with Gasteiger partial charge in [-0.15, -0.1) is 0 Å². The van der Waals surface area contributed by atoms with Crippen molar-refractivity contribution in [2.75, 3.05) is 26.8 Å². The zero-order valence-corrected chi connectivity index (χ0v) is 12.0. The number of hydrogen-bond acceptors (Lipinski definition) is 4. The lowest BCUT2D eigenvalue weighted by molar-refractivity contribution is 0.281. The van der Waals surface area contributed by atoms with Gasteiger partial charge < -0.3 is 9.84 Å². The zero-order chi connectivity index (χ0) is 14.8. The van der Waals surface area contributed by atoms with Gasteiger partial charge in [-0.05, 0) is 24.7 Å². The molecule has 0 aromatic heterocycles. The Morgan fingerprint density at radius 2 is 2.20 bits per heavy atom. The number of aliphatic hydroxyl groups excluding tert-OH is 1. The van der Waals surface area contributed by atoms with Crippen molar-refractivity contribution in [3.05, 3.63) is 29.3 Å². The molecule has 106 valence electrons. The van der Waals surface area contributed by atoms with Gasteiger partial charge in [0, 0.05) is 30.6 Å². The van der Waals surface area contributed by atoms with E-state index in [0.29, 0.717) is 6.42 Å². The normalized spacial score (nSPS) is 9.75. The smallest absolute Gasteiger partial charge is 0.123 e. The van der Waals surface area contributed by atoms with E-state index in [2.05, 4.69) is 29.7 Å². The van der Waals surface area contributed by atoms with Crippen LogP contribution < -0.4 is 4.74 Å². The van der Waals surface area contributed by atoms with Crippen molar-refractivity contribution in [3.63, 3.8) is 0 Å². The molecule has 1 aromatic carbocycles. The second-order valence-corrected chi connectivity index (χ2v) is 4.26. The molecular formula is C16H20N2O2. The molecule has 20 heavy (non-hydrogen) atoms. The molecule has 0 saturated carbocycles. The van der Waals surface area contributed by atoms with E-state index in [1.165, 1.54) is 0 Å². The summed E-state index contributed by atoms with van der Waals surface area (Å²) in [5, 5.41) is 17.4. The molecule has 1 aromatic rings. The van der Waals surface area contributed by atoms with E-state index < -0.39 is 0 Å². The molecule has 0 atom stereocenters.